The fraction of sp³-hybridized carbons (Fsp3) is 0.0526. The van der Waals surface area contributed by atoms with Gasteiger partial charge in [0.2, 0.25) is 0 Å². The van der Waals surface area contributed by atoms with Crippen molar-refractivity contribution in [2.24, 2.45) is 0 Å². The summed E-state index contributed by atoms with van der Waals surface area (Å²) in [5.41, 5.74) is 4.01. The number of halogens is 1. The van der Waals surface area contributed by atoms with E-state index in [-0.39, 0.29) is 5.91 Å². The monoisotopic (exact) mass is 381 g/mol. The Hall–Kier alpha value is -2.66. The number of amides is 1. The lowest BCUT2D eigenvalue weighted by atomic mass is 10.2. The van der Waals surface area contributed by atoms with Gasteiger partial charge in [-0.1, -0.05) is 24.3 Å². The van der Waals surface area contributed by atoms with Crippen molar-refractivity contribution < 1.29 is 4.79 Å². The van der Waals surface area contributed by atoms with Gasteiger partial charge in [-0.25, -0.2) is 0 Å². The molecule has 0 atom stereocenters. The summed E-state index contributed by atoms with van der Waals surface area (Å²) < 4.78 is 0.826. The molecule has 0 spiro atoms. The van der Waals surface area contributed by atoms with Crippen LogP contribution in [0.1, 0.15) is 16.1 Å². The number of carbonyl (C=O) groups is 1. The number of benzene rings is 2. The Balaban J connectivity index is 1.77. The van der Waals surface area contributed by atoms with Gasteiger partial charge in [-0.3, -0.25) is 9.78 Å². The van der Waals surface area contributed by atoms with Crippen molar-refractivity contribution in [2.75, 3.05) is 10.6 Å². The van der Waals surface area contributed by atoms with Crippen LogP contribution >= 0.6 is 15.9 Å². The predicted molar refractivity (Wildman–Crippen MR) is 101 cm³/mol. The van der Waals surface area contributed by atoms with Crippen LogP contribution in [0.15, 0.2) is 71.3 Å². The molecule has 0 aliphatic carbocycles. The summed E-state index contributed by atoms with van der Waals surface area (Å²) in [5.74, 6) is -0.255. The zero-order valence-corrected chi connectivity index (χ0v) is 14.7. The van der Waals surface area contributed by atoms with Gasteiger partial charge in [0.25, 0.3) is 5.91 Å². The van der Waals surface area contributed by atoms with Crippen LogP contribution in [0.25, 0.3) is 0 Å². The van der Waals surface area contributed by atoms with Gasteiger partial charge in [0, 0.05) is 22.0 Å². The predicted octanol–water partition coefficient (Wildman–Crippen LogP) is 5.15. The molecule has 1 amide bonds. The molecule has 0 aliphatic rings. The second-order valence-electron chi connectivity index (χ2n) is 5.36. The lowest BCUT2D eigenvalue weighted by Crippen LogP contribution is -2.14. The Morgan fingerprint density at radius 2 is 1.79 bits per heavy atom. The van der Waals surface area contributed by atoms with E-state index >= 15 is 0 Å². The molecule has 24 heavy (non-hydrogen) atoms. The molecule has 0 aliphatic heterocycles. The Labute approximate surface area is 149 Å². The summed E-state index contributed by atoms with van der Waals surface area (Å²) >= 11 is 3.42. The molecule has 1 aromatic heterocycles. The van der Waals surface area contributed by atoms with E-state index in [1.54, 1.807) is 12.3 Å². The molecule has 0 radical (unpaired) electrons. The Kier molecular flexibility index (Phi) is 4.91. The third kappa shape index (κ3) is 4.00. The van der Waals surface area contributed by atoms with Crippen molar-refractivity contribution in [3.63, 3.8) is 0 Å². The van der Waals surface area contributed by atoms with Crippen LogP contribution < -0.4 is 10.6 Å². The average Bonchev–Trinajstić information content (AvgIpc) is 2.57. The van der Waals surface area contributed by atoms with E-state index in [9.17, 15) is 4.79 Å². The number of hydrogen-bond donors (Lipinski definition) is 2. The molecule has 5 heteroatoms. The molecular weight excluding hydrogens is 366 g/mol. The highest BCUT2D eigenvalue weighted by atomic mass is 79.9. The van der Waals surface area contributed by atoms with Crippen LogP contribution in [-0.2, 0) is 0 Å². The van der Waals surface area contributed by atoms with Crippen LogP contribution in [0.4, 0.5) is 17.1 Å². The van der Waals surface area contributed by atoms with Crippen LogP contribution in [0.5, 0.6) is 0 Å². The van der Waals surface area contributed by atoms with Crippen LogP contribution in [0.2, 0.25) is 0 Å². The van der Waals surface area contributed by atoms with Gasteiger partial charge in [0.15, 0.2) is 0 Å². The number of carbonyl (C=O) groups excluding carboxylic acids is 1. The van der Waals surface area contributed by atoms with E-state index in [0.717, 1.165) is 15.8 Å². The highest BCUT2D eigenvalue weighted by Gasteiger charge is 2.10. The first-order chi connectivity index (χ1) is 11.6. The van der Waals surface area contributed by atoms with Crippen molar-refractivity contribution in [1.29, 1.82) is 0 Å². The van der Waals surface area contributed by atoms with Gasteiger partial charge in [-0.05, 0) is 64.8 Å². The highest BCUT2D eigenvalue weighted by molar-refractivity contribution is 9.10. The standard InChI is InChI=1S/C19H16BrN3O/c1-13-5-4-6-14(11-13)22-15-9-10-21-18(12-15)19(24)23-17-8-3-2-7-16(17)20/h2-12H,1H3,(H,21,22)(H,23,24). The van der Waals surface area contributed by atoms with Crippen molar-refractivity contribution in [3.8, 4) is 0 Å². The first-order valence-corrected chi connectivity index (χ1v) is 8.27. The van der Waals surface area contributed by atoms with Gasteiger partial charge in [0.05, 0.1) is 5.69 Å². The van der Waals surface area contributed by atoms with Gasteiger partial charge in [0.1, 0.15) is 5.69 Å². The van der Waals surface area contributed by atoms with Crippen molar-refractivity contribution in [2.45, 2.75) is 6.92 Å². The molecular formula is C19H16BrN3O. The summed E-state index contributed by atoms with van der Waals surface area (Å²) in [4.78, 5) is 16.6. The van der Waals surface area contributed by atoms with E-state index in [4.69, 9.17) is 0 Å². The molecule has 1 heterocycles. The zero-order valence-electron chi connectivity index (χ0n) is 13.1. The summed E-state index contributed by atoms with van der Waals surface area (Å²) in [7, 11) is 0. The molecule has 0 saturated heterocycles. The first kappa shape index (κ1) is 16.2. The van der Waals surface area contributed by atoms with E-state index in [1.807, 2.05) is 61.5 Å². The first-order valence-electron chi connectivity index (χ1n) is 7.47. The lowest BCUT2D eigenvalue weighted by molar-refractivity contribution is 0.102. The number of rotatable bonds is 4. The number of pyridine rings is 1. The second kappa shape index (κ2) is 7.27. The Bertz CT molecular complexity index is 880. The number of nitrogens with zero attached hydrogens (tertiary/aromatic N) is 1. The molecule has 0 fully saturated rings. The minimum Gasteiger partial charge on any atom is -0.355 e. The van der Waals surface area contributed by atoms with E-state index in [1.165, 1.54) is 5.56 Å². The lowest BCUT2D eigenvalue weighted by Gasteiger charge is -2.10. The molecule has 3 rings (SSSR count). The average molecular weight is 382 g/mol. The largest absolute Gasteiger partial charge is 0.355 e. The normalized spacial score (nSPS) is 10.2. The SMILES string of the molecule is Cc1cccc(Nc2ccnc(C(=O)Nc3ccccc3Br)c2)c1. The number of aryl methyl sites for hydroxylation is 1. The Morgan fingerprint density at radius 1 is 1.00 bits per heavy atom. The van der Waals surface area contributed by atoms with Crippen LogP contribution in [0.3, 0.4) is 0 Å². The van der Waals surface area contributed by atoms with Crippen LogP contribution in [0, 0.1) is 6.92 Å². The van der Waals surface area contributed by atoms with Gasteiger partial charge in [-0.15, -0.1) is 0 Å². The highest BCUT2D eigenvalue weighted by Crippen LogP contribution is 2.22. The third-order valence-corrected chi connectivity index (χ3v) is 4.11. The molecule has 120 valence electrons. The Morgan fingerprint density at radius 3 is 2.58 bits per heavy atom. The topological polar surface area (TPSA) is 54.0 Å². The van der Waals surface area contributed by atoms with Gasteiger partial charge in [-0.2, -0.15) is 0 Å². The van der Waals surface area contributed by atoms with Crippen molar-refractivity contribution in [3.05, 3.63) is 82.6 Å². The maximum absolute atomic E-state index is 12.4. The quantitative estimate of drug-likeness (QED) is 0.656. The number of hydrogen-bond acceptors (Lipinski definition) is 3. The second-order valence-corrected chi connectivity index (χ2v) is 6.21. The molecule has 0 saturated carbocycles. The van der Waals surface area contributed by atoms with Crippen molar-refractivity contribution in [1.82, 2.24) is 4.98 Å². The number of para-hydroxylation sites is 1. The molecule has 0 bridgehead atoms. The summed E-state index contributed by atoms with van der Waals surface area (Å²) in [6, 6.07) is 19.1. The van der Waals surface area contributed by atoms with E-state index < -0.39 is 0 Å². The molecule has 2 aromatic carbocycles. The molecule has 2 N–H and O–H groups in total. The fourth-order valence-electron chi connectivity index (χ4n) is 2.27. The fourth-order valence-corrected chi connectivity index (χ4v) is 2.65. The van der Waals surface area contributed by atoms with Gasteiger partial charge < -0.3 is 10.6 Å². The van der Waals surface area contributed by atoms with E-state index in [2.05, 4.69) is 31.5 Å². The molecule has 0 unspecified atom stereocenters. The summed E-state index contributed by atoms with van der Waals surface area (Å²) in [6.45, 7) is 2.04. The maximum Gasteiger partial charge on any atom is 0.274 e. The zero-order chi connectivity index (χ0) is 16.9. The minimum atomic E-state index is -0.255. The number of aromatic nitrogens is 1. The number of nitrogens with one attached hydrogen (secondary N) is 2. The summed E-state index contributed by atoms with van der Waals surface area (Å²) in [5, 5.41) is 6.14. The molecule has 3 aromatic rings. The van der Waals surface area contributed by atoms with Gasteiger partial charge >= 0.3 is 0 Å². The smallest absolute Gasteiger partial charge is 0.274 e. The van der Waals surface area contributed by atoms with Crippen LogP contribution in [-0.4, -0.2) is 10.9 Å². The minimum absolute atomic E-state index is 0.255. The summed E-state index contributed by atoms with van der Waals surface area (Å²) in [6.07, 6.45) is 1.62. The molecule has 4 nitrogen and oxygen atoms in total. The number of anilines is 3. The van der Waals surface area contributed by atoms with Crippen molar-refractivity contribution >= 4 is 38.9 Å². The van der Waals surface area contributed by atoms with E-state index in [0.29, 0.717) is 11.4 Å². The third-order valence-electron chi connectivity index (χ3n) is 3.42. The maximum atomic E-state index is 12.4.